The van der Waals surface area contributed by atoms with Crippen molar-refractivity contribution in [3.63, 3.8) is 0 Å². The second-order valence-electron chi connectivity index (χ2n) is 1.63. The molecule has 0 aliphatic carbocycles. The molecule has 0 rings (SSSR count). The Morgan fingerprint density at radius 2 is 2.12 bits per heavy atom. The average Bonchev–Trinajstić information content (AvgIpc) is 1.65. The molecule has 0 bridgehead atoms. The molecule has 0 aromatic carbocycles. The van der Waals surface area contributed by atoms with Crippen molar-refractivity contribution < 1.29 is 9.90 Å². The van der Waals surface area contributed by atoms with E-state index in [4.69, 9.17) is 0 Å². The number of carbonyl (C=O) groups excluding carboxylic acids is 1. The van der Waals surface area contributed by atoms with Gasteiger partial charge in [-0.15, -0.1) is 0 Å². The van der Waals surface area contributed by atoms with Gasteiger partial charge in [0, 0.05) is 5.97 Å². The molecule has 0 heterocycles. The van der Waals surface area contributed by atoms with Crippen LogP contribution >= 0.6 is 0 Å². The zero-order valence-electron chi connectivity index (χ0n) is 5.31. The number of hydrogen-bond acceptors (Lipinski definition) is 3. The maximum atomic E-state index is 9.82. The molecule has 8 heavy (non-hydrogen) atoms. The Kier molecular flexibility index (Phi) is 5.97. The summed E-state index contributed by atoms with van der Waals surface area (Å²) >= 11 is 0. The first-order valence-corrected chi connectivity index (χ1v) is 2.39. The van der Waals surface area contributed by atoms with Gasteiger partial charge >= 0.3 is 0 Å². The highest BCUT2D eigenvalue weighted by Gasteiger charge is 1.94. The highest BCUT2D eigenvalue weighted by molar-refractivity contribution is 5.66. The molecule has 0 saturated carbocycles. The summed E-state index contributed by atoms with van der Waals surface area (Å²) in [5.41, 5.74) is 0. The van der Waals surface area contributed by atoms with Gasteiger partial charge in [-0.05, 0) is 12.3 Å². The summed E-state index contributed by atoms with van der Waals surface area (Å²) in [7, 11) is 0. The zero-order valence-corrected chi connectivity index (χ0v) is 5.31. The quantitative estimate of drug-likeness (QED) is 0.552. The number of carboxylic acids is 1. The molecule has 50 valence electrons. The summed E-state index contributed by atoms with van der Waals surface area (Å²) in [4.78, 5) is 9.82. The summed E-state index contributed by atoms with van der Waals surface area (Å²) in [6.45, 7) is 3.45. The highest BCUT2D eigenvalue weighted by Crippen LogP contribution is 1.95. The standard InChI is InChI=1S/C5H10O2.H3N/c1-3-4(2)5(6)7;/h4H,3H2,1-2H3,(H,6,7);1H3/p-1. The van der Waals surface area contributed by atoms with Crippen molar-refractivity contribution in [2.45, 2.75) is 20.3 Å². The third-order valence-electron chi connectivity index (χ3n) is 1.01. The molecule has 0 aliphatic rings. The number of aliphatic carboxylic acids is 1. The Morgan fingerprint density at radius 3 is 2.12 bits per heavy atom. The van der Waals surface area contributed by atoms with Gasteiger partial charge in [0.15, 0.2) is 0 Å². The van der Waals surface area contributed by atoms with Gasteiger partial charge in [-0.1, -0.05) is 13.8 Å². The third kappa shape index (κ3) is 3.61. The molecular formula is C5H12NO2-. The minimum absolute atomic E-state index is 0. The van der Waals surface area contributed by atoms with Crippen LogP contribution < -0.4 is 11.3 Å². The minimum Gasteiger partial charge on any atom is -0.550 e. The molecule has 3 nitrogen and oxygen atoms in total. The van der Waals surface area contributed by atoms with E-state index < -0.39 is 5.97 Å². The van der Waals surface area contributed by atoms with E-state index in [2.05, 4.69) is 0 Å². The van der Waals surface area contributed by atoms with E-state index in [1.54, 1.807) is 6.92 Å². The maximum absolute atomic E-state index is 9.82. The Morgan fingerprint density at radius 1 is 1.75 bits per heavy atom. The molecular weight excluding hydrogens is 106 g/mol. The summed E-state index contributed by atoms with van der Waals surface area (Å²) in [6, 6.07) is 0. The molecule has 0 amide bonds. The Bertz CT molecular complexity index is 72.8. The van der Waals surface area contributed by atoms with Gasteiger partial charge in [-0.2, -0.15) is 0 Å². The van der Waals surface area contributed by atoms with Crippen LogP contribution in [-0.2, 0) is 4.79 Å². The SMILES string of the molecule is CCC(C)C(=O)[O-].N. The van der Waals surface area contributed by atoms with Crippen LogP contribution in [-0.4, -0.2) is 5.97 Å². The van der Waals surface area contributed by atoms with E-state index in [9.17, 15) is 9.90 Å². The van der Waals surface area contributed by atoms with Gasteiger partial charge in [0.05, 0.1) is 0 Å². The van der Waals surface area contributed by atoms with Gasteiger partial charge < -0.3 is 16.1 Å². The molecule has 3 heteroatoms. The fourth-order valence-electron chi connectivity index (χ4n) is 0.167. The maximum Gasteiger partial charge on any atom is 0.0442 e. The fourth-order valence-corrected chi connectivity index (χ4v) is 0.167. The first kappa shape index (κ1) is 10.4. The van der Waals surface area contributed by atoms with Crippen LogP contribution in [0.15, 0.2) is 0 Å². The monoisotopic (exact) mass is 118 g/mol. The number of hydrogen-bond donors (Lipinski definition) is 1. The van der Waals surface area contributed by atoms with Gasteiger partial charge in [-0.25, -0.2) is 0 Å². The second-order valence-corrected chi connectivity index (χ2v) is 1.63. The molecule has 3 N–H and O–H groups in total. The van der Waals surface area contributed by atoms with Gasteiger partial charge in [0.1, 0.15) is 0 Å². The molecule has 0 aromatic heterocycles. The van der Waals surface area contributed by atoms with Crippen molar-refractivity contribution in [3.05, 3.63) is 0 Å². The highest BCUT2D eigenvalue weighted by atomic mass is 16.4. The molecule has 0 radical (unpaired) electrons. The number of carbonyl (C=O) groups is 1. The lowest BCUT2D eigenvalue weighted by Crippen LogP contribution is -2.28. The minimum atomic E-state index is -0.956. The van der Waals surface area contributed by atoms with Crippen LogP contribution in [0.2, 0.25) is 0 Å². The Labute approximate surface area is 49.3 Å². The van der Waals surface area contributed by atoms with E-state index in [0.717, 1.165) is 0 Å². The first-order chi connectivity index (χ1) is 3.18. The molecule has 0 fully saturated rings. The fraction of sp³-hybridized carbons (Fsp3) is 0.800. The van der Waals surface area contributed by atoms with E-state index in [1.165, 1.54) is 0 Å². The molecule has 0 spiro atoms. The van der Waals surface area contributed by atoms with Crippen LogP contribution in [0.1, 0.15) is 20.3 Å². The third-order valence-corrected chi connectivity index (χ3v) is 1.01. The Hall–Kier alpha value is -0.570. The second kappa shape index (κ2) is 4.59. The van der Waals surface area contributed by atoms with Crippen LogP contribution in [0.5, 0.6) is 0 Å². The van der Waals surface area contributed by atoms with Crippen LogP contribution in [0.25, 0.3) is 0 Å². The Balaban J connectivity index is 0. The lowest BCUT2D eigenvalue weighted by atomic mass is 10.1. The van der Waals surface area contributed by atoms with Gasteiger partial charge in [-0.3, -0.25) is 0 Å². The summed E-state index contributed by atoms with van der Waals surface area (Å²) < 4.78 is 0. The van der Waals surface area contributed by atoms with Crippen molar-refractivity contribution in [2.24, 2.45) is 5.92 Å². The first-order valence-electron chi connectivity index (χ1n) is 2.39. The van der Waals surface area contributed by atoms with Crippen molar-refractivity contribution in [2.75, 3.05) is 0 Å². The normalized spacial score (nSPS) is 11.8. The predicted molar refractivity (Wildman–Crippen MR) is 29.5 cm³/mol. The summed E-state index contributed by atoms with van der Waals surface area (Å²) in [5, 5.41) is 9.82. The molecule has 0 aliphatic heterocycles. The molecule has 1 unspecified atom stereocenters. The number of rotatable bonds is 2. The average molecular weight is 118 g/mol. The van der Waals surface area contributed by atoms with Crippen molar-refractivity contribution >= 4 is 5.97 Å². The van der Waals surface area contributed by atoms with Gasteiger partial charge in [0.25, 0.3) is 0 Å². The topological polar surface area (TPSA) is 75.1 Å². The van der Waals surface area contributed by atoms with Crippen LogP contribution in [0.4, 0.5) is 0 Å². The molecule has 0 aromatic rings. The van der Waals surface area contributed by atoms with E-state index in [1.807, 2.05) is 6.92 Å². The van der Waals surface area contributed by atoms with E-state index >= 15 is 0 Å². The van der Waals surface area contributed by atoms with E-state index in [0.29, 0.717) is 6.42 Å². The van der Waals surface area contributed by atoms with Crippen molar-refractivity contribution in [1.82, 2.24) is 6.15 Å². The van der Waals surface area contributed by atoms with Crippen molar-refractivity contribution in [3.8, 4) is 0 Å². The molecule has 1 atom stereocenters. The van der Waals surface area contributed by atoms with Crippen LogP contribution in [0, 0.1) is 5.92 Å². The van der Waals surface area contributed by atoms with Crippen LogP contribution in [0.3, 0.4) is 0 Å². The summed E-state index contributed by atoms with van der Waals surface area (Å²) in [5.74, 6) is -1.25. The predicted octanol–water partition coefficient (Wildman–Crippen LogP) is -0.0556. The van der Waals surface area contributed by atoms with Gasteiger partial charge in [0.2, 0.25) is 0 Å². The zero-order chi connectivity index (χ0) is 5.86. The lowest BCUT2D eigenvalue weighted by Gasteiger charge is -2.06. The largest absolute Gasteiger partial charge is 0.550 e. The lowest BCUT2D eigenvalue weighted by molar-refractivity contribution is -0.311. The summed E-state index contributed by atoms with van der Waals surface area (Å²) in [6.07, 6.45) is 0.655. The van der Waals surface area contributed by atoms with E-state index in [-0.39, 0.29) is 12.1 Å². The smallest absolute Gasteiger partial charge is 0.0442 e. The van der Waals surface area contributed by atoms with Crippen molar-refractivity contribution in [1.29, 1.82) is 0 Å². The number of carboxylic acid groups (broad SMARTS) is 1. The molecule has 0 saturated heterocycles.